The Balaban J connectivity index is 2.02. The lowest BCUT2D eigenvalue weighted by Crippen LogP contribution is -2.36. The van der Waals surface area contributed by atoms with Crippen LogP contribution in [0.4, 0.5) is 0 Å². The monoisotopic (exact) mass is 361 g/mol. The van der Waals surface area contributed by atoms with Crippen molar-refractivity contribution in [1.29, 1.82) is 0 Å². The highest BCUT2D eigenvalue weighted by molar-refractivity contribution is 7.10. The number of amides is 1. The second-order valence-electron chi connectivity index (χ2n) is 6.08. The van der Waals surface area contributed by atoms with Crippen LogP contribution in [-0.4, -0.2) is 19.6 Å². The molecule has 0 aliphatic rings. The maximum Gasteiger partial charge on any atom is 0.258 e. The third kappa shape index (κ3) is 5.23. The fourth-order valence-electron chi connectivity index (χ4n) is 2.90. The molecule has 136 valence electrons. The summed E-state index contributed by atoms with van der Waals surface area (Å²) in [5.74, 6) is 1.52. The van der Waals surface area contributed by atoms with Crippen molar-refractivity contribution in [3.8, 4) is 11.5 Å². The molecule has 0 fully saturated rings. The van der Waals surface area contributed by atoms with Crippen molar-refractivity contribution in [3.05, 3.63) is 46.2 Å². The van der Waals surface area contributed by atoms with Gasteiger partial charge in [-0.1, -0.05) is 38.8 Å². The van der Waals surface area contributed by atoms with E-state index in [-0.39, 0.29) is 18.6 Å². The number of aryl methyl sites for hydroxylation is 1. The fourth-order valence-corrected chi connectivity index (χ4v) is 3.77. The van der Waals surface area contributed by atoms with Gasteiger partial charge in [-0.25, -0.2) is 0 Å². The molecule has 0 spiro atoms. The van der Waals surface area contributed by atoms with Gasteiger partial charge >= 0.3 is 0 Å². The number of thiophene rings is 1. The minimum atomic E-state index is -0.118. The van der Waals surface area contributed by atoms with Gasteiger partial charge in [0, 0.05) is 4.88 Å². The zero-order chi connectivity index (χ0) is 18.2. The van der Waals surface area contributed by atoms with Gasteiger partial charge in [0.15, 0.2) is 18.1 Å². The minimum Gasteiger partial charge on any atom is -0.493 e. The Morgan fingerprint density at radius 1 is 1.20 bits per heavy atom. The van der Waals surface area contributed by atoms with Crippen molar-refractivity contribution in [1.82, 2.24) is 5.32 Å². The predicted octanol–water partition coefficient (Wildman–Crippen LogP) is 4.74. The number of ether oxygens (including phenoxy) is 2. The fraction of sp³-hybridized carbons (Fsp3) is 0.450. The molecular weight excluding hydrogens is 334 g/mol. The molecular formula is C20H27NO3S. The van der Waals surface area contributed by atoms with Gasteiger partial charge in [-0.15, -0.1) is 11.3 Å². The van der Waals surface area contributed by atoms with Gasteiger partial charge in [0.2, 0.25) is 0 Å². The zero-order valence-corrected chi connectivity index (χ0v) is 16.2. The van der Waals surface area contributed by atoms with Crippen LogP contribution in [0.3, 0.4) is 0 Å². The van der Waals surface area contributed by atoms with Gasteiger partial charge < -0.3 is 14.8 Å². The van der Waals surface area contributed by atoms with Crippen LogP contribution in [0.2, 0.25) is 0 Å². The van der Waals surface area contributed by atoms with Gasteiger partial charge in [0.25, 0.3) is 5.91 Å². The number of hydrogen-bond donors (Lipinski definition) is 1. The van der Waals surface area contributed by atoms with E-state index < -0.39 is 0 Å². The van der Waals surface area contributed by atoms with E-state index in [9.17, 15) is 4.79 Å². The predicted molar refractivity (Wildman–Crippen MR) is 103 cm³/mol. The van der Waals surface area contributed by atoms with Crippen molar-refractivity contribution in [2.24, 2.45) is 5.92 Å². The Bertz CT molecular complexity index is 666. The lowest BCUT2D eigenvalue weighted by Gasteiger charge is -2.25. The van der Waals surface area contributed by atoms with Crippen LogP contribution in [0.5, 0.6) is 11.5 Å². The maximum absolute atomic E-state index is 12.5. The van der Waals surface area contributed by atoms with E-state index in [1.165, 1.54) is 4.88 Å². The summed E-state index contributed by atoms with van der Waals surface area (Å²) < 4.78 is 11.0. The van der Waals surface area contributed by atoms with Crippen LogP contribution in [-0.2, 0) is 4.79 Å². The Morgan fingerprint density at radius 2 is 1.96 bits per heavy atom. The molecule has 0 radical (unpaired) electrons. The molecule has 25 heavy (non-hydrogen) atoms. The highest BCUT2D eigenvalue weighted by Gasteiger charge is 2.23. The summed E-state index contributed by atoms with van der Waals surface area (Å²) in [5, 5.41) is 5.19. The average Bonchev–Trinajstić information content (AvgIpc) is 3.15. The molecule has 1 heterocycles. The average molecular weight is 362 g/mol. The number of carbonyl (C=O) groups excluding carboxylic acids is 1. The minimum absolute atomic E-state index is 0.0263. The number of nitrogens with one attached hydrogen (secondary N) is 1. The largest absolute Gasteiger partial charge is 0.493 e. The molecule has 1 aromatic carbocycles. The molecule has 1 aromatic heterocycles. The highest BCUT2D eigenvalue weighted by Crippen LogP contribution is 2.31. The molecule has 1 N–H and O–H groups in total. The smallest absolute Gasteiger partial charge is 0.258 e. The van der Waals surface area contributed by atoms with Gasteiger partial charge in [-0.2, -0.15) is 0 Å². The molecule has 4 nitrogen and oxygen atoms in total. The van der Waals surface area contributed by atoms with Crippen LogP contribution in [0, 0.1) is 12.8 Å². The topological polar surface area (TPSA) is 47.6 Å². The van der Waals surface area contributed by atoms with Crippen LogP contribution in [0.15, 0.2) is 35.7 Å². The molecule has 0 aliphatic carbocycles. The first-order chi connectivity index (χ1) is 12.1. The van der Waals surface area contributed by atoms with Crippen molar-refractivity contribution >= 4 is 17.2 Å². The van der Waals surface area contributed by atoms with E-state index >= 15 is 0 Å². The Kier molecular flexibility index (Phi) is 7.31. The summed E-state index contributed by atoms with van der Waals surface area (Å²) in [6.07, 6.45) is 2.04. The molecule has 0 saturated carbocycles. The second-order valence-corrected chi connectivity index (χ2v) is 7.06. The maximum atomic E-state index is 12.5. The lowest BCUT2D eigenvalue weighted by molar-refractivity contribution is -0.124. The van der Waals surface area contributed by atoms with Crippen molar-refractivity contribution in [2.45, 2.75) is 39.7 Å². The molecule has 2 rings (SSSR count). The zero-order valence-electron chi connectivity index (χ0n) is 15.4. The standard InChI is InChI=1S/C20H27NO3S/c1-5-15(6-2)20(18-8-7-11-25-18)21-19(22)13-24-16-10-9-14(3)12-17(16)23-4/h7-12,15,20H,5-6,13H2,1-4H3,(H,21,22). The van der Waals surface area contributed by atoms with Crippen LogP contribution in [0.1, 0.15) is 43.2 Å². The third-order valence-corrected chi connectivity index (χ3v) is 5.32. The summed E-state index contributed by atoms with van der Waals surface area (Å²) in [7, 11) is 1.60. The first-order valence-electron chi connectivity index (χ1n) is 8.69. The lowest BCUT2D eigenvalue weighted by atomic mass is 9.93. The SMILES string of the molecule is CCC(CC)C(NC(=O)COc1ccc(C)cc1OC)c1cccs1. The molecule has 0 saturated heterocycles. The summed E-state index contributed by atoms with van der Waals surface area (Å²) >= 11 is 1.68. The van der Waals surface area contributed by atoms with E-state index in [1.54, 1.807) is 18.4 Å². The molecule has 0 aliphatic heterocycles. The van der Waals surface area contributed by atoms with E-state index in [4.69, 9.17) is 9.47 Å². The van der Waals surface area contributed by atoms with E-state index in [2.05, 4.69) is 25.2 Å². The normalized spacial score (nSPS) is 12.0. The number of carbonyl (C=O) groups is 1. The van der Waals surface area contributed by atoms with Crippen molar-refractivity contribution in [3.63, 3.8) is 0 Å². The van der Waals surface area contributed by atoms with Crippen LogP contribution in [0.25, 0.3) is 0 Å². The van der Waals surface area contributed by atoms with Crippen LogP contribution >= 0.6 is 11.3 Å². The number of hydrogen-bond acceptors (Lipinski definition) is 4. The Morgan fingerprint density at radius 3 is 2.56 bits per heavy atom. The first-order valence-corrected chi connectivity index (χ1v) is 9.57. The van der Waals surface area contributed by atoms with E-state index in [1.807, 2.05) is 36.6 Å². The second kappa shape index (κ2) is 9.47. The number of methoxy groups -OCH3 is 1. The van der Waals surface area contributed by atoms with Crippen LogP contribution < -0.4 is 14.8 Å². The molecule has 1 atom stereocenters. The van der Waals surface area contributed by atoms with Gasteiger partial charge in [0.05, 0.1) is 13.2 Å². The first kappa shape index (κ1) is 19.3. The molecule has 5 heteroatoms. The van der Waals surface area contributed by atoms with E-state index in [0.29, 0.717) is 17.4 Å². The molecule has 0 bridgehead atoms. The Labute approximate surface area is 154 Å². The quantitative estimate of drug-likeness (QED) is 0.702. The number of benzene rings is 1. The van der Waals surface area contributed by atoms with Gasteiger partial charge in [-0.05, 0) is 42.0 Å². The number of rotatable bonds is 9. The van der Waals surface area contributed by atoms with Crippen molar-refractivity contribution < 1.29 is 14.3 Å². The van der Waals surface area contributed by atoms with Gasteiger partial charge in [0.1, 0.15) is 0 Å². The summed E-state index contributed by atoms with van der Waals surface area (Å²) in [6, 6.07) is 9.80. The van der Waals surface area contributed by atoms with E-state index in [0.717, 1.165) is 18.4 Å². The third-order valence-electron chi connectivity index (χ3n) is 4.36. The highest BCUT2D eigenvalue weighted by atomic mass is 32.1. The molecule has 2 aromatic rings. The van der Waals surface area contributed by atoms with Gasteiger partial charge in [-0.3, -0.25) is 4.79 Å². The molecule has 1 amide bonds. The summed E-state index contributed by atoms with van der Waals surface area (Å²) in [6.45, 7) is 6.28. The van der Waals surface area contributed by atoms with Crippen molar-refractivity contribution in [2.75, 3.05) is 13.7 Å². The summed E-state index contributed by atoms with van der Waals surface area (Å²) in [4.78, 5) is 13.6. The Hall–Kier alpha value is -2.01. The summed E-state index contributed by atoms with van der Waals surface area (Å²) in [5.41, 5.74) is 1.08. The molecule has 1 unspecified atom stereocenters.